The molecule has 1 aliphatic rings. The van der Waals surface area contributed by atoms with Gasteiger partial charge in [0.2, 0.25) is 5.88 Å². The Bertz CT molecular complexity index is 504. The average molecular weight is 336 g/mol. The van der Waals surface area contributed by atoms with Crippen LogP contribution in [0.2, 0.25) is 0 Å². The number of nitrogens with zero attached hydrogens (tertiary/aromatic N) is 2. The predicted molar refractivity (Wildman–Crippen MR) is 93.4 cm³/mol. The molecule has 0 amide bonds. The summed E-state index contributed by atoms with van der Waals surface area (Å²) in [5, 5.41) is 6.51. The molecule has 7 nitrogen and oxygen atoms in total. The van der Waals surface area contributed by atoms with Crippen LogP contribution < -0.4 is 15.4 Å². The van der Waals surface area contributed by atoms with Crippen LogP contribution in [0.15, 0.2) is 23.2 Å². The summed E-state index contributed by atoms with van der Waals surface area (Å²) in [6.45, 7) is 4.67. The number of nitrogens with one attached hydrogen (secondary N) is 2. The molecule has 0 radical (unpaired) electrons. The largest absolute Gasteiger partial charge is 0.481 e. The predicted octanol–water partition coefficient (Wildman–Crippen LogP) is 1.20. The van der Waals surface area contributed by atoms with Gasteiger partial charge in [0, 0.05) is 38.8 Å². The fourth-order valence-corrected chi connectivity index (χ4v) is 2.41. The Hall–Kier alpha value is -1.86. The molecule has 0 aromatic carbocycles. The van der Waals surface area contributed by atoms with E-state index in [0.29, 0.717) is 18.3 Å². The minimum absolute atomic E-state index is 0.572. The Kier molecular flexibility index (Phi) is 8.34. The van der Waals surface area contributed by atoms with Crippen molar-refractivity contribution in [2.45, 2.75) is 19.4 Å². The Balaban J connectivity index is 1.56. The van der Waals surface area contributed by atoms with Crippen molar-refractivity contribution in [3.05, 3.63) is 23.9 Å². The summed E-state index contributed by atoms with van der Waals surface area (Å²) in [7, 11) is 3.37. The van der Waals surface area contributed by atoms with Crippen molar-refractivity contribution in [2.75, 3.05) is 47.1 Å². The third kappa shape index (κ3) is 6.72. The van der Waals surface area contributed by atoms with Crippen molar-refractivity contribution in [1.29, 1.82) is 0 Å². The molecular formula is C17H28N4O3. The van der Waals surface area contributed by atoms with Crippen molar-refractivity contribution in [1.82, 2.24) is 15.6 Å². The number of rotatable bonds is 9. The zero-order valence-corrected chi connectivity index (χ0v) is 14.6. The lowest BCUT2D eigenvalue weighted by Gasteiger charge is -2.12. The third-order valence-electron chi connectivity index (χ3n) is 3.79. The highest BCUT2D eigenvalue weighted by molar-refractivity contribution is 5.79. The molecule has 1 unspecified atom stereocenters. The summed E-state index contributed by atoms with van der Waals surface area (Å²) >= 11 is 0. The molecule has 2 heterocycles. The number of methoxy groups -OCH3 is 1. The molecule has 1 atom stereocenters. The van der Waals surface area contributed by atoms with Gasteiger partial charge in [0.25, 0.3) is 0 Å². The van der Waals surface area contributed by atoms with E-state index in [4.69, 9.17) is 14.2 Å². The first-order valence-corrected chi connectivity index (χ1v) is 8.41. The highest BCUT2D eigenvalue weighted by Gasteiger charge is 2.15. The van der Waals surface area contributed by atoms with Crippen LogP contribution in [-0.4, -0.2) is 58.1 Å². The van der Waals surface area contributed by atoms with Crippen LogP contribution in [0.4, 0.5) is 0 Å². The molecule has 1 fully saturated rings. The minimum atomic E-state index is 0.572. The summed E-state index contributed by atoms with van der Waals surface area (Å²) in [5.74, 6) is 1.94. The lowest BCUT2D eigenvalue weighted by Crippen LogP contribution is -2.37. The molecule has 1 saturated heterocycles. The zero-order valence-electron chi connectivity index (χ0n) is 14.6. The number of ether oxygens (including phenoxy) is 3. The van der Waals surface area contributed by atoms with Crippen LogP contribution in [0, 0.1) is 5.92 Å². The van der Waals surface area contributed by atoms with E-state index in [9.17, 15) is 0 Å². The fourth-order valence-electron chi connectivity index (χ4n) is 2.41. The number of aliphatic imine (C=N–C) groups is 1. The summed E-state index contributed by atoms with van der Waals surface area (Å²) in [4.78, 5) is 8.56. The van der Waals surface area contributed by atoms with Crippen molar-refractivity contribution >= 4 is 5.96 Å². The molecule has 1 aromatic heterocycles. The molecule has 134 valence electrons. The Morgan fingerprint density at radius 3 is 3.08 bits per heavy atom. The molecule has 2 N–H and O–H groups in total. The molecule has 0 spiro atoms. The zero-order chi connectivity index (χ0) is 17.0. The average Bonchev–Trinajstić information content (AvgIpc) is 3.14. The smallest absolute Gasteiger partial charge is 0.213 e. The number of hydrogen-bond donors (Lipinski definition) is 2. The van der Waals surface area contributed by atoms with Gasteiger partial charge in [0.15, 0.2) is 5.96 Å². The van der Waals surface area contributed by atoms with Crippen LogP contribution in [-0.2, 0) is 16.0 Å². The van der Waals surface area contributed by atoms with E-state index in [1.807, 2.05) is 18.2 Å². The van der Waals surface area contributed by atoms with Gasteiger partial charge < -0.3 is 24.8 Å². The van der Waals surface area contributed by atoms with Gasteiger partial charge >= 0.3 is 0 Å². The van der Waals surface area contributed by atoms with Crippen molar-refractivity contribution in [3.8, 4) is 5.88 Å². The van der Waals surface area contributed by atoms with Crippen LogP contribution in [0.25, 0.3) is 0 Å². The first-order chi connectivity index (χ1) is 11.8. The number of aromatic nitrogens is 1. The van der Waals surface area contributed by atoms with E-state index in [1.165, 1.54) is 0 Å². The van der Waals surface area contributed by atoms with Gasteiger partial charge in [-0.1, -0.05) is 6.07 Å². The second-order valence-electron chi connectivity index (χ2n) is 5.68. The van der Waals surface area contributed by atoms with Gasteiger partial charge in [-0.15, -0.1) is 0 Å². The molecule has 24 heavy (non-hydrogen) atoms. The maximum atomic E-state index is 5.68. The third-order valence-corrected chi connectivity index (χ3v) is 3.79. The van der Waals surface area contributed by atoms with E-state index < -0.39 is 0 Å². The van der Waals surface area contributed by atoms with Crippen LogP contribution in [0.1, 0.15) is 18.5 Å². The van der Waals surface area contributed by atoms with Gasteiger partial charge in [0.1, 0.15) is 0 Å². The second kappa shape index (κ2) is 10.8. The molecule has 0 aliphatic carbocycles. The minimum Gasteiger partial charge on any atom is -0.481 e. The maximum absolute atomic E-state index is 5.68. The molecule has 1 aromatic rings. The lowest BCUT2D eigenvalue weighted by molar-refractivity contribution is 0.0888. The van der Waals surface area contributed by atoms with Gasteiger partial charge in [-0.05, 0) is 18.9 Å². The summed E-state index contributed by atoms with van der Waals surface area (Å²) in [6, 6.07) is 5.70. The van der Waals surface area contributed by atoms with Crippen LogP contribution in [0.3, 0.4) is 0 Å². The number of hydrogen-bond acceptors (Lipinski definition) is 5. The second-order valence-corrected chi connectivity index (χ2v) is 5.68. The summed E-state index contributed by atoms with van der Waals surface area (Å²) in [6.07, 6.45) is 2.05. The van der Waals surface area contributed by atoms with Crippen LogP contribution >= 0.6 is 0 Å². The topological polar surface area (TPSA) is 77.0 Å². The molecular weight excluding hydrogens is 308 g/mol. The highest BCUT2D eigenvalue weighted by atomic mass is 16.5. The van der Waals surface area contributed by atoms with Gasteiger partial charge in [-0.2, -0.15) is 0 Å². The standard InChI is InChI=1S/C17H28N4O3/c1-18-17(20-11-15-5-3-6-16(21-15)22-2)19-8-4-9-23-12-14-7-10-24-13-14/h3,5-6,14H,4,7-13H2,1-2H3,(H2,18,19,20). The van der Waals surface area contributed by atoms with E-state index in [2.05, 4.69) is 20.6 Å². The van der Waals surface area contributed by atoms with Crippen molar-refractivity contribution in [3.63, 3.8) is 0 Å². The van der Waals surface area contributed by atoms with Crippen molar-refractivity contribution < 1.29 is 14.2 Å². The first kappa shape index (κ1) is 18.5. The van der Waals surface area contributed by atoms with Gasteiger partial charge in [-0.3, -0.25) is 4.99 Å². The molecule has 2 rings (SSSR count). The number of pyridine rings is 1. The van der Waals surface area contributed by atoms with E-state index in [1.54, 1.807) is 14.2 Å². The monoisotopic (exact) mass is 336 g/mol. The maximum Gasteiger partial charge on any atom is 0.213 e. The van der Waals surface area contributed by atoms with Crippen LogP contribution in [0.5, 0.6) is 5.88 Å². The lowest BCUT2D eigenvalue weighted by atomic mass is 10.1. The molecule has 0 bridgehead atoms. The first-order valence-electron chi connectivity index (χ1n) is 8.41. The molecule has 0 saturated carbocycles. The number of guanidine groups is 1. The highest BCUT2D eigenvalue weighted by Crippen LogP contribution is 2.12. The van der Waals surface area contributed by atoms with Crippen molar-refractivity contribution in [2.24, 2.45) is 10.9 Å². The quantitative estimate of drug-likeness (QED) is 0.401. The summed E-state index contributed by atoms with van der Waals surface area (Å²) in [5.41, 5.74) is 0.902. The molecule has 1 aliphatic heterocycles. The Labute approximate surface area is 143 Å². The summed E-state index contributed by atoms with van der Waals surface area (Å²) < 4.78 is 16.1. The normalized spacial score (nSPS) is 17.8. The fraction of sp³-hybridized carbons (Fsp3) is 0.647. The van der Waals surface area contributed by atoms with E-state index >= 15 is 0 Å². The van der Waals surface area contributed by atoms with Gasteiger partial charge in [0.05, 0.1) is 32.6 Å². The SMILES string of the molecule is CN=C(NCCCOCC1CCOC1)NCc1cccc(OC)n1. The van der Waals surface area contributed by atoms with Gasteiger partial charge in [-0.25, -0.2) is 4.98 Å². The molecule has 7 heteroatoms. The van der Waals surface area contributed by atoms with E-state index in [-0.39, 0.29) is 0 Å². The van der Waals surface area contributed by atoms with E-state index in [0.717, 1.165) is 57.5 Å². The Morgan fingerprint density at radius 1 is 1.42 bits per heavy atom. The Morgan fingerprint density at radius 2 is 2.33 bits per heavy atom.